The van der Waals surface area contributed by atoms with Gasteiger partial charge in [0.15, 0.2) is 5.76 Å². The fraction of sp³-hybridized carbons (Fsp3) is 0.143. The average Bonchev–Trinajstić information content (AvgIpc) is 3.05. The van der Waals surface area contributed by atoms with Crippen LogP contribution in [-0.4, -0.2) is 10.9 Å². The number of aromatic nitrogens is 1. The Morgan fingerprint density at radius 3 is 2.65 bits per heavy atom. The number of fused-ring (bicyclic) bond motifs is 2. The Hall–Kier alpha value is -3.34. The first-order chi connectivity index (χ1) is 12.5. The standard InChI is InChI=1S/C21H18N2O3/c1-12(2)16-11-20(24)23-17-10-14(7-8-15(16)17)22-21(25)19-9-13-5-3-4-6-18(13)26-19/h3-12H,1-2H3,(H,22,25)(H,23,24). The fourth-order valence-electron chi connectivity index (χ4n) is 3.13. The fourth-order valence-corrected chi connectivity index (χ4v) is 3.13. The number of nitrogens with one attached hydrogen (secondary N) is 2. The van der Waals surface area contributed by atoms with E-state index in [1.807, 2.05) is 50.2 Å². The summed E-state index contributed by atoms with van der Waals surface area (Å²) < 4.78 is 5.59. The molecule has 0 unspecified atom stereocenters. The number of carbonyl (C=O) groups excluding carboxylic acids is 1. The minimum absolute atomic E-state index is 0.151. The first kappa shape index (κ1) is 16.1. The van der Waals surface area contributed by atoms with Crippen LogP contribution < -0.4 is 10.9 Å². The molecule has 26 heavy (non-hydrogen) atoms. The van der Waals surface area contributed by atoms with Crippen LogP contribution in [0.3, 0.4) is 0 Å². The van der Waals surface area contributed by atoms with Crippen LogP contribution in [-0.2, 0) is 0 Å². The molecule has 2 heterocycles. The summed E-state index contributed by atoms with van der Waals surface area (Å²) in [5.41, 5.74) is 2.80. The zero-order valence-electron chi connectivity index (χ0n) is 14.5. The van der Waals surface area contributed by atoms with Gasteiger partial charge in [-0.2, -0.15) is 0 Å². The van der Waals surface area contributed by atoms with Crippen molar-refractivity contribution in [1.29, 1.82) is 0 Å². The number of carbonyl (C=O) groups is 1. The molecule has 2 N–H and O–H groups in total. The molecule has 4 aromatic rings. The topological polar surface area (TPSA) is 75.1 Å². The number of H-pyrrole nitrogens is 1. The average molecular weight is 346 g/mol. The maximum Gasteiger partial charge on any atom is 0.291 e. The van der Waals surface area contributed by atoms with Crippen LogP contribution in [0.4, 0.5) is 5.69 Å². The van der Waals surface area contributed by atoms with Crippen molar-refractivity contribution in [2.45, 2.75) is 19.8 Å². The summed E-state index contributed by atoms with van der Waals surface area (Å²) in [7, 11) is 0. The molecule has 0 spiro atoms. The number of furan rings is 1. The second-order valence-corrected chi connectivity index (χ2v) is 6.61. The third kappa shape index (κ3) is 2.88. The SMILES string of the molecule is CC(C)c1cc(=O)[nH]c2cc(NC(=O)c3cc4ccccc4o3)ccc12. The number of rotatable bonds is 3. The van der Waals surface area contributed by atoms with Gasteiger partial charge in [-0.15, -0.1) is 0 Å². The van der Waals surface area contributed by atoms with Gasteiger partial charge < -0.3 is 14.7 Å². The van der Waals surface area contributed by atoms with E-state index in [4.69, 9.17) is 4.42 Å². The summed E-state index contributed by atoms with van der Waals surface area (Å²) in [6.07, 6.45) is 0. The van der Waals surface area contributed by atoms with Gasteiger partial charge in [0.2, 0.25) is 5.56 Å². The normalized spacial score (nSPS) is 11.3. The molecule has 0 fully saturated rings. The molecule has 0 aliphatic heterocycles. The highest BCUT2D eigenvalue weighted by atomic mass is 16.3. The Labute approximate surface area is 149 Å². The molecule has 0 aliphatic rings. The van der Waals surface area contributed by atoms with Crippen LogP contribution >= 0.6 is 0 Å². The smallest absolute Gasteiger partial charge is 0.291 e. The summed E-state index contributed by atoms with van der Waals surface area (Å²) in [5.74, 6) is 0.148. The predicted molar refractivity (Wildman–Crippen MR) is 103 cm³/mol. The van der Waals surface area contributed by atoms with Gasteiger partial charge in [-0.3, -0.25) is 9.59 Å². The van der Waals surface area contributed by atoms with Crippen molar-refractivity contribution < 1.29 is 9.21 Å². The van der Waals surface area contributed by atoms with Crippen molar-refractivity contribution in [3.8, 4) is 0 Å². The molecule has 0 aliphatic carbocycles. The molecule has 5 heteroatoms. The lowest BCUT2D eigenvalue weighted by atomic mass is 9.99. The number of anilines is 1. The van der Waals surface area contributed by atoms with Gasteiger partial charge in [-0.25, -0.2) is 0 Å². The molecule has 0 bridgehead atoms. The summed E-state index contributed by atoms with van der Waals surface area (Å²) in [4.78, 5) is 27.2. The van der Waals surface area contributed by atoms with E-state index in [1.54, 1.807) is 18.2 Å². The number of hydrogen-bond acceptors (Lipinski definition) is 3. The monoisotopic (exact) mass is 346 g/mol. The Bertz CT molecular complexity index is 1150. The third-order valence-corrected chi connectivity index (χ3v) is 4.40. The molecule has 2 aromatic heterocycles. The van der Waals surface area contributed by atoms with E-state index in [0.717, 1.165) is 16.3 Å². The maximum absolute atomic E-state index is 12.5. The van der Waals surface area contributed by atoms with Crippen molar-refractivity contribution in [2.24, 2.45) is 0 Å². The van der Waals surface area contributed by atoms with Crippen LogP contribution in [0.15, 0.2) is 63.8 Å². The van der Waals surface area contributed by atoms with Crippen molar-refractivity contribution in [3.05, 3.63) is 76.3 Å². The first-order valence-corrected chi connectivity index (χ1v) is 8.48. The van der Waals surface area contributed by atoms with Gasteiger partial charge in [-0.1, -0.05) is 38.1 Å². The summed E-state index contributed by atoms with van der Waals surface area (Å²) in [6, 6.07) is 16.3. The first-order valence-electron chi connectivity index (χ1n) is 8.48. The molecule has 0 atom stereocenters. The van der Waals surface area contributed by atoms with Gasteiger partial charge in [0.05, 0.1) is 5.52 Å². The molecule has 1 amide bonds. The van der Waals surface area contributed by atoms with Gasteiger partial charge >= 0.3 is 0 Å². The van der Waals surface area contributed by atoms with Crippen LogP contribution in [0, 0.1) is 0 Å². The molecule has 130 valence electrons. The molecular weight excluding hydrogens is 328 g/mol. The largest absolute Gasteiger partial charge is 0.451 e. The lowest BCUT2D eigenvalue weighted by Gasteiger charge is -2.11. The van der Waals surface area contributed by atoms with E-state index < -0.39 is 0 Å². The Balaban J connectivity index is 1.68. The summed E-state index contributed by atoms with van der Waals surface area (Å²) >= 11 is 0. The number of pyridine rings is 1. The van der Waals surface area contributed by atoms with E-state index in [2.05, 4.69) is 10.3 Å². The highest BCUT2D eigenvalue weighted by Gasteiger charge is 2.13. The zero-order valence-corrected chi connectivity index (χ0v) is 14.5. The number of amides is 1. The van der Waals surface area contributed by atoms with E-state index in [0.29, 0.717) is 16.8 Å². The third-order valence-electron chi connectivity index (χ3n) is 4.40. The van der Waals surface area contributed by atoms with Crippen molar-refractivity contribution in [3.63, 3.8) is 0 Å². The van der Waals surface area contributed by atoms with Crippen molar-refractivity contribution in [2.75, 3.05) is 5.32 Å². The second-order valence-electron chi connectivity index (χ2n) is 6.61. The molecule has 0 saturated heterocycles. The predicted octanol–water partition coefficient (Wildman–Crippen LogP) is 4.65. The van der Waals surface area contributed by atoms with Crippen LogP contribution in [0.1, 0.15) is 35.9 Å². The van der Waals surface area contributed by atoms with E-state index in [1.165, 1.54) is 0 Å². The highest BCUT2D eigenvalue weighted by molar-refractivity contribution is 6.05. The van der Waals surface area contributed by atoms with Crippen LogP contribution in [0.5, 0.6) is 0 Å². The van der Waals surface area contributed by atoms with Gasteiger partial charge in [0.25, 0.3) is 5.91 Å². The van der Waals surface area contributed by atoms with Crippen LogP contribution in [0.2, 0.25) is 0 Å². The van der Waals surface area contributed by atoms with E-state index in [-0.39, 0.29) is 23.1 Å². The number of para-hydroxylation sites is 1. The van der Waals surface area contributed by atoms with Crippen molar-refractivity contribution in [1.82, 2.24) is 4.98 Å². The Morgan fingerprint density at radius 1 is 1.08 bits per heavy atom. The van der Waals surface area contributed by atoms with Gasteiger partial charge in [0, 0.05) is 22.5 Å². The van der Waals surface area contributed by atoms with Gasteiger partial charge in [-0.05, 0) is 35.7 Å². The molecule has 0 saturated carbocycles. The molecule has 4 rings (SSSR count). The van der Waals surface area contributed by atoms with Gasteiger partial charge in [0.1, 0.15) is 5.58 Å². The molecule has 0 radical (unpaired) electrons. The van der Waals surface area contributed by atoms with E-state index >= 15 is 0 Å². The summed E-state index contributed by atoms with van der Waals surface area (Å²) in [6.45, 7) is 4.09. The lowest BCUT2D eigenvalue weighted by Crippen LogP contribution is -2.12. The molecule has 2 aromatic carbocycles. The van der Waals surface area contributed by atoms with E-state index in [9.17, 15) is 9.59 Å². The minimum atomic E-state index is -0.331. The molecular formula is C21H18N2O3. The number of hydrogen-bond donors (Lipinski definition) is 2. The minimum Gasteiger partial charge on any atom is -0.451 e. The number of aromatic amines is 1. The zero-order chi connectivity index (χ0) is 18.3. The summed E-state index contributed by atoms with van der Waals surface area (Å²) in [5, 5.41) is 4.68. The van der Waals surface area contributed by atoms with Crippen molar-refractivity contribution >= 4 is 33.5 Å². The quantitative estimate of drug-likeness (QED) is 0.567. The van der Waals surface area contributed by atoms with Crippen LogP contribution in [0.25, 0.3) is 21.9 Å². The lowest BCUT2D eigenvalue weighted by molar-refractivity contribution is 0.0998. The Kier molecular flexibility index (Phi) is 3.84. The highest BCUT2D eigenvalue weighted by Crippen LogP contribution is 2.25. The number of benzene rings is 2. The molecule has 5 nitrogen and oxygen atoms in total. The maximum atomic E-state index is 12.5. The second kappa shape index (κ2) is 6.19. The Morgan fingerprint density at radius 2 is 1.88 bits per heavy atom.